The van der Waals surface area contributed by atoms with Crippen molar-refractivity contribution in [1.82, 2.24) is 0 Å². The molecule has 0 aliphatic heterocycles. The predicted octanol–water partition coefficient (Wildman–Crippen LogP) is 4.76. The van der Waals surface area contributed by atoms with Crippen LogP contribution in [-0.4, -0.2) is 23.2 Å². The topological polar surface area (TPSA) is 55.4 Å². The third-order valence-electron chi connectivity index (χ3n) is 3.14. The normalized spacial score (nSPS) is 11.0. The van der Waals surface area contributed by atoms with Gasteiger partial charge in [0, 0.05) is 21.9 Å². The van der Waals surface area contributed by atoms with Crippen LogP contribution in [0.2, 0.25) is 0 Å². The Bertz CT molecular complexity index is 706. The first-order chi connectivity index (χ1) is 11.8. The van der Waals surface area contributed by atoms with Crippen LogP contribution in [0.4, 0.5) is 5.69 Å². The number of anilines is 1. The molecule has 5 heteroatoms. The number of esters is 1. The monoisotopic (exact) mass is 357 g/mol. The summed E-state index contributed by atoms with van der Waals surface area (Å²) in [5, 5.41) is 2.86. The highest BCUT2D eigenvalue weighted by atomic mass is 32.2. The molecule has 1 N–H and O–H groups in total. The molecular formula is C20H23NO3S. The molecule has 2 aromatic carbocycles. The fourth-order valence-corrected chi connectivity index (χ4v) is 2.91. The van der Waals surface area contributed by atoms with Crippen LogP contribution in [0.15, 0.2) is 59.5 Å². The zero-order chi connectivity index (χ0) is 18.3. The summed E-state index contributed by atoms with van der Waals surface area (Å²) in [5.41, 5.74) is 0.920. The minimum atomic E-state index is -0.444. The second-order valence-electron chi connectivity index (χ2n) is 6.53. The molecule has 0 aliphatic rings. The molecule has 0 saturated heterocycles. The summed E-state index contributed by atoms with van der Waals surface area (Å²) in [6.07, 6.45) is 0.369. The second-order valence-corrected chi connectivity index (χ2v) is 7.70. The molecule has 0 aliphatic carbocycles. The number of benzene rings is 2. The van der Waals surface area contributed by atoms with Gasteiger partial charge < -0.3 is 10.1 Å². The standard InChI is InChI=1S/C20H23NO3S/c1-20(2,3)24-18(22)13-14-25-17-11-9-16(10-12-17)21-19(23)15-7-5-4-6-8-15/h4-12H,13-14H2,1-3H3,(H,21,23). The Labute approximate surface area is 153 Å². The number of thioether (sulfide) groups is 1. The lowest BCUT2D eigenvalue weighted by molar-refractivity contribution is -0.154. The number of carbonyl (C=O) groups excluding carboxylic acids is 2. The highest BCUT2D eigenvalue weighted by Gasteiger charge is 2.15. The minimum absolute atomic E-state index is 0.133. The quantitative estimate of drug-likeness (QED) is 0.598. The zero-order valence-corrected chi connectivity index (χ0v) is 15.6. The van der Waals surface area contributed by atoms with Gasteiger partial charge in [-0.15, -0.1) is 11.8 Å². The first kappa shape index (κ1) is 19.1. The summed E-state index contributed by atoms with van der Waals surface area (Å²) in [4.78, 5) is 24.8. The Hall–Kier alpha value is -2.27. The maximum absolute atomic E-state index is 12.1. The van der Waals surface area contributed by atoms with Crippen LogP contribution in [0.3, 0.4) is 0 Å². The molecular weight excluding hydrogens is 334 g/mol. The van der Waals surface area contributed by atoms with E-state index >= 15 is 0 Å². The average molecular weight is 357 g/mol. The van der Waals surface area contributed by atoms with Crippen LogP contribution in [0.25, 0.3) is 0 Å². The molecule has 0 heterocycles. The average Bonchev–Trinajstić information content (AvgIpc) is 2.55. The molecule has 0 aromatic heterocycles. The van der Waals surface area contributed by atoms with Crippen molar-refractivity contribution in [3.63, 3.8) is 0 Å². The number of carbonyl (C=O) groups is 2. The first-order valence-electron chi connectivity index (χ1n) is 8.14. The van der Waals surface area contributed by atoms with Gasteiger partial charge in [0.1, 0.15) is 5.60 Å². The summed E-state index contributed by atoms with van der Waals surface area (Å²) < 4.78 is 5.28. The van der Waals surface area contributed by atoms with E-state index in [9.17, 15) is 9.59 Å². The molecule has 0 unspecified atom stereocenters. The molecule has 0 fully saturated rings. The van der Waals surface area contributed by atoms with Gasteiger partial charge in [-0.05, 0) is 57.2 Å². The highest BCUT2D eigenvalue weighted by Crippen LogP contribution is 2.22. The maximum atomic E-state index is 12.1. The molecule has 132 valence electrons. The van der Waals surface area contributed by atoms with E-state index in [-0.39, 0.29) is 11.9 Å². The Morgan fingerprint density at radius 3 is 2.24 bits per heavy atom. The van der Waals surface area contributed by atoms with E-state index in [2.05, 4.69) is 5.32 Å². The number of nitrogens with one attached hydrogen (secondary N) is 1. The molecule has 4 nitrogen and oxygen atoms in total. The van der Waals surface area contributed by atoms with Crippen LogP contribution >= 0.6 is 11.8 Å². The second kappa shape index (κ2) is 8.72. The van der Waals surface area contributed by atoms with Crippen molar-refractivity contribution in [2.24, 2.45) is 0 Å². The lowest BCUT2D eigenvalue weighted by Crippen LogP contribution is -2.23. The fraction of sp³-hybridized carbons (Fsp3) is 0.300. The van der Waals surface area contributed by atoms with Gasteiger partial charge >= 0.3 is 5.97 Å². The SMILES string of the molecule is CC(C)(C)OC(=O)CCSc1ccc(NC(=O)c2ccccc2)cc1. The minimum Gasteiger partial charge on any atom is -0.460 e. The van der Waals surface area contributed by atoms with E-state index < -0.39 is 5.60 Å². The van der Waals surface area contributed by atoms with Crippen LogP contribution in [0.5, 0.6) is 0 Å². The maximum Gasteiger partial charge on any atom is 0.307 e. The fourth-order valence-electron chi connectivity index (χ4n) is 2.07. The van der Waals surface area contributed by atoms with Crippen molar-refractivity contribution in [1.29, 1.82) is 0 Å². The molecule has 0 bridgehead atoms. The Kier molecular flexibility index (Phi) is 6.65. The highest BCUT2D eigenvalue weighted by molar-refractivity contribution is 7.99. The molecule has 2 rings (SSSR count). The summed E-state index contributed by atoms with van der Waals surface area (Å²) in [7, 11) is 0. The molecule has 0 spiro atoms. The van der Waals surface area contributed by atoms with Gasteiger partial charge in [0.25, 0.3) is 5.91 Å². The number of hydrogen-bond donors (Lipinski definition) is 1. The van der Waals surface area contributed by atoms with Gasteiger partial charge in [0.05, 0.1) is 6.42 Å². The van der Waals surface area contributed by atoms with E-state index in [0.29, 0.717) is 17.7 Å². The van der Waals surface area contributed by atoms with Crippen LogP contribution in [0, 0.1) is 0 Å². The van der Waals surface area contributed by atoms with E-state index in [4.69, 9.17) is 4.74 Å². The number of amides is 1. The molecule has 0 saturated carbocycles. The third kappa shape index (κ3) is 7.01. The molecule has 0 radical (unpaired) electrons. The summed E-state index contributed by atoms with van der Waals surface area (Å²) in [6.45, 7) is 5.58. The van der Waals surface area contributed by atoms with Gasteiger partial charge in [-0.25, -0.2) is 0 Å². The van der Waals surface area contributed by atoms with Gasteiger partial charge in [0.15, 0.2) is 0 Å². The van der Waals surface area contributed by atoms with Gasteiger partial charge in [-0.2, -0.15) is 0 Å². The van der Waals surface area contributed by atoms with Crippen LogP contribution in [0.1, 0.15) is 37.6 Å². The van der Waals surface area contributed by atoms with E-state index in [1.54, 1.807) is 23.9 Å². The summed E-state index contributed by atoms with van der Waals surface area (Å²) in [5.74, 6) is 0.336. The Morgan fingerprint density at radius 1 is 1.00 bits per heavy atom. The van der Waals surface area contributed by atoms with E-state index in [0.717, 1.165) is 10.6 Å². The zero-order valence-electron chi connectivity index (χ0n) is 14.7. The third-order valence-corrected chi connectivity index (χ3v) is 4.16. The smallest absolute Gasteiger partial charge is 0.307 e. The summed E-state index contributed by atoms with van der Waals surface area (Å²) in [6, 6.07) is 16.7. The predicted molar refractivity (Wildman–Crippen MR) is 102 cm³/mol. The van der Waals surface area contributed by atoms with E-state index in [1.807, 2.05) is 63.2 Å². The largest absolute Gasteiger partial charge is 0.460 e. The van der Waals surface area contributed by atoms with Crippen LogP contribution in [-0.2, 0) is 9.53 Å². The van der Waals surface area contributed by atoms with Crippen molar-refractivity contribution >= 4 is 29.3 Å². The van der Waals surface area contributed by atoms with Gasteiger partial charge in [-0.3, -0.25) is 9.59 Å². The molecule has 1 amide bonds. The first-order valence-corrected chi connectivity index (χ1v) is 9.13. The van der Waals surface area contributed by atoms with Gasteiger partial charge in [-0.1, -0.05) is 18.2 Å². The van der Waals surface area contributed by atoms with Crippen molar-refractivity contribution in [2.75, 3.05) is 11.1 Å². The number of hydrogen-bond acceptors (Lipinski definition) is 4. The van der Waals surface area contributed by atoms with Crippen molar-refractivity contribution < 1.29 is 14.3 Å². The van der Waals surface area contributed by atoms with Gasteiger partial charge in [0.2, 0.25) is 0 Å². The lowest BCUT2D eigenvalue weighted by Gasteiger charge is -2.19. The summed E-state index contributed by atoms with van der Waals surface area (Å²) >= 11 is 1.59. The van der Waals surface area contributed by atoms with Crippen molar-refractivity contribution in [2.45, 2.75) is 37.7 Å². The molecule has 0 atom stereocenters. The molecule has 25 heavy (non-hydrogen) atoms. The Morgan fingerprint density at radius 2 is 1.64 bits per heavy atom. The van der Waals surface area contributed by atoms with Crippen molar-refractivity contribution in [3.8, 4) is 0 Å². The lowest BCUT2D eigenvalue weighted by atomic mass is 10.2. The Balaban J connectivity index is 1.80. The number of rotatable bonds is 6. The van der Waals surface area contributed by atoms with Crippen LogP contribution < -0.4 is 5.32 Å². The van der Waals surface area contributed by atoms with Crippen molar-refractivity contribution in [3.05, 3.63) is 60.2 Å². The number of ether oxygens (including phenoxy) is 1. The molecule has 2 aromatic rings. The van der Waals surface area contributed by atoms with E-state index in [1.165, 1.54) is 0 Å².